The number of hydrogen-bond acceptors (Lipinski definition) is 7. The molecule has 0 spiro atoms. The molecule has 0 aromatic carbocycles. The van der Waals surface area contributed by atoms with Crippen LogP contribution in [-0.2, 0) is 33.3 Å². The lowest BCUT2D eigenvalue weighted by molar-refractivity contribution is -0.870. The molecule has 9 heteroatoms. The van der Waals surface area contributed by atoms with Crippen molar-refractivity contribution in [2.24, 2.45) is 0 Å². The highest BCUT2D eigenvalue weighted by Crippen LogP contribution is 2.17. The second kappa shape index (κ2) is 54.3. The first-order valence-corrected chi connectivity index (χ1v) is 30.0. The quantitative estimate of drug-likeness (QED) is 0.0211. The van der Waals surface area contributed by atoms with Crippen LogP contribution in [0.4, 0.5) is 0 Å². The van der Waals surface area contributed by atoms with Gasteiger partial charge in [-0.15, -0.1) is 0 Å². The lowest BCUT2D eigenvalue weighted by Crippen LogP contribution is -2.40. The van der Waals surface area contributed by atoms with Crippen molar-refractivity contribution in [1.29, 1.82) is 0 Å². The van der Waals surface area contributed by atoms with Gasteiger partial charge in [-0.2, -0.15) is 0 Å². The zero-order chi connectivity index (χ0) is 52.7. The van der Waals surface area contributed by atoms with Crippen molar-refractivity contribution in [2.75, 3.05) is 47.5 Å². The number of nitrogens with zero attached hydrogens (tertiary/aromatic N) is 1. The number of aliphatic carboxylic acids is 1. The van der Waals surface area contributed by atoms with Gasteiger partial charge in [0.25, 0.3) is 6.29 Å². The minimum absolute atomic E-state index is 0.176. The van der Waals surface area contributed by atoms with E-state index in [0.29, 0.717) is 23.9 Å². The molecule has 0 radical (unpaired) electrons. The molecule has 0 aromatic heterocycles. The van der Waals surface area contributed by atoms with Crippen LogP contribution >= 0.6 is 0 Å². The predicted octanol–water partition coefficient (Wildman–Crippen LogP) is 17.6. The smallest absolute Gasteiger partial charge is 0.361 e. The van der Waals surface area contributed by atoms with Crippen molar-refractivity contribution < 1.29 is 42.9 Å². The van der Waals surface area contributed by atoms with Crippen LogP contribution in [0.25, 0.3) is 0 Å². The van der Waals surface area contributed by atoms with E-state index in [1.165, 1.54) is 173 Å². The van der Waals surface area contributed by atoms with Gasteiger partial charge in [0.15, 0.2) is 6.10 Å². The number of unbranched alkanes of at least 4 members (excludes halogenated alkanes) is 30. The Labute approximate surface area is 444 Å². The van der Waals surface area contributed by atoms with E-state index in [1.807, 2.05) is 21.1 Å². The molecule has 0 rings (SSSR count). The van der Waals surface area contributed by atoms with Crippen molar-refractivity contribution in [3.05, 3.63) is 60.8 Å². The maximum absolute atomic E-state index is 12.8. The fourth-order valence-corrected chi connectivity index (χ4v) is 8.46. The molecule has 2 atom stereocenters. The summed E-state index contributed by atoms with van der Waals surface area (Å²) in [6.07, 6.45) is 66.2. The second-order valence-corrected chi connectivity index (χ2v) is 21.3. The van der Waals surface area contributed by atoms with E-state index in [4.69, 9.17) is 18.9 Å². The van der Waals surface area contributed by atoms with Crippen LogP contribution in [0.2, 0.25) is 0 Å². The van der Waals surface area contributed by atoms with Gasteiger partial charge in [0.1, 0.15) is 13.2 Å². The zero-order valence-electron chi connectivity index (χ0n) is 47.6. The third kappa shape index (κ3) is 54.8. The third-order valence-corrected chi connectivity index (χ3v) is 13.0. The van der Waals surface area contributed by atoms with Crippen molar-refractivity contribution in [2.45, 2.75) is 277 Å². The highest BCUT2D eigenvalue weighted by molar-refractivity contribution is 5.71. The second-order valence-electron chi connectivity index (χ2n) is 21.3. The van der Waals surface area contributed by atoms with Crippen LogP contribution in [0.3, 0.4) is 0 Å². The molecular formula is C63H114NO8+. The molecule has 0 aliphatic carbocycles. The predicted molar refractivity (Wildman–Crippen MR) is 304 cm³/mol. The summed E-state index contributed by atoms with van der Waals surface area (Å²) in [5.74, 6) is -2.08. The minimum Gasteiger partial charge on any atom is -0.477 e. The molecule has 0 amide bonds. The summed E-state index contributed by atoms with van der Waals surface area (Å²) in [6, 6.07) is 0. The fourth-order valence-electron chi connectivity index (χ4n) is 8.46. The average molecular weight is 1010 g/mol. The zero-order valence-corrected chi connectivity index (χ0v) is 47.6. The Balaban J connectivity index is 4.15. The lowest BCUT2D eigenvalue weighted by Gasteiger charge is -2.25. The number of likely N-dealkylation sites (N-methyl/N-ethyl adjacent to an activating group) is 1. The molecule has 418 valence electrons. The molecule has 0 saturated heterocycles. The molecule has 0 bridgehead atoms. The normalized spacial score (nSPS) is 13.2. The van der Waals surface area contributed by atoms with Crippen molar-refractivity contribution in [3.63, 3.8) is 0 Å². The number of carboxylic acids is 1. The summed E-state index contributed by atoms with van der Waals surface area (Å²) in [6.45, 7) is 4.72. The summed E-state index contributed by atoms with van der Waals surface area (Å²) in [5, 5.41) is 9.69. The number of carbonyl (C=O) groups excluding carboxylic acids is 2. The van der Waals surface area contributed by atoms with Gasteiger partial charge in [-0.1, -0.05) is 261 Å². The van der Waals surface area contributed by atoms with Gasteiger partial charge in [-0.05, 0) is 51.4 Å². The maximum Gasteiger partial charge on any atom is 0.361 e. The van der Waals surface area contributed by atoms with E-state index in [0.717, 1.165) is 57.8 Å². The monoisotopic (exact) mass is 1010 g/mol. The SMILES string of the molecule is CC/C=C\C/C=C\C/C=C\C/C=C\C/C=C\CCCC(=O)OC(COC(=O)CCCCCCCCCCCCCCCCCCCCCCCCCCCCCCCC)COC(OCC[N+](C)(C)C)C(=O)O. The molecule has 9 nitrogen and oxygen atoms in total. The average Bonchev–Trinajstić information content (AvgIpc) is 3.35. The third-order valence-electron chi connectivity index (χ3n) is 13.0. The van der Waals surface area contributed by atoms with E-state index >= 15 is 0 Å². The molecule has 0 aromatic rings. The first-order chi connectivity index (χ1) is 35.1. The van der Waals surface area contributed by atoms with Crippen molar-refractivity contribution in [1.82, 2.24) is 0 Å². The molecule has 0 fully saturated rings. The Hall–Kier alpha value is -3.01. The largest absolute Gasteiger partial charge is 0.477 e. The summed E-state index contributed by atoms with van der Waals surface area (Å²) < 4.78 is 22.8. The topological polar surface area (TPSA) is 108 Å². The minimum atomic E-state index is -1.53. The van der Waals surface area contributed by atoms with E-state index in [9.17, 15) is 19.5 Å². The van der Waals surface area contributed by atoms with Gasteiger partial charge >= 0.3 is 17.9 Å². The van der Waals surface area contributed by atoms with Crippen LogP contribution in [-0.4, -0.2) is 87.4 Å². The van der Waals surface area contributed by atoms with Crippen LogP contribution in [0.5, 0.6) is 0 Å². The van der Waals surface area contributed by atoms with Gasteiger partial charge < -0.3 is 28.5 Å². The van der Waals surface area contributed by atoms with Crippen molar-refractivity contribution in [3.8, 4) is 0 Å². The van der Waals surface area contributed by atoms with E-state index in [2.05, 4.69) is 74.6 Å². The Morgan fingerprint density at radius 3 is 1.17 bits per heavy atom. The highest BCUT2D eigenvalue weighted by Gasteiger charge is 2.25. The Morgan fingerprint density at radius 1 is 0.431 bits per heavy atom. The number of quaternary nitrogens is 1. The summed E-state index contributed by atoms with van der Waals surface area (Å²) >= 11 is 0. The first kappa shape index (κ1) is 69.0. The number of carbonyl (C=O) groups is 3. The highest BCUT2D eigenvalue weighted by atomic mass is 16.7. The number of esters is 2. The Morgan fingerprint density at radius 2 is 0.792 bits per heavy atom. The van der Waals surface area contributed by atoms with Crippen LogP contribution in [0.1, 0.15) is 264 Å². The van der Waals surface area contributed by atoms with Gasteiger partial charge in [-0.3, -0.25) is 9.59 Å². The van der Waals surface area contributed by atoms with Crippen LogP contribution in [0, 0.1) is 0 Å². The van der Waals surface area contributed by atoms with Crippen LogP contribution in [0.15, 0.2) is 60.8 Å². The van der Waals surface area contributed by atoms with E-state index in [1.54, 1.807) is 0 Å². The lowest BCUT2D eigenvalue weighted by atomic mass is 10.0. The summed E-state index contributed by atoms with van der Waals surface area (Å²) in [5.41, 5.74) is 0. The van der Waals surface area contributed by atoms with E-state index < -0.39 is 24.3 Å². The molecule has 2 unspecified atom stereocenters. The molecule has 72 heavy (non-hydrogen) atoms. The van der Waals surface area contributed by atoms with Crippen LogP contribution < -0.4 is 0 Å². The van der Waals surface area contributed by atoms with Gasteiger partial charge in [0.2, 0.25) is 0 Å². The summed E-state index contributed by atoms with van der Waals surface area (Å²) in [4.78, 5) is 37.4. The molecule has 0 heterocycles. The molecule has 0 aliphatic heterocycles. The number of allylic oxidation sites excluding steroid dienone is 10. The number of rotatable bonds is 55. The number of ether oxygens (including phenoxy) is 4. The molecule has 0 aliphatic rings. The van der Waals surface area contributed by atoms with E-state index in [-0.39, 0.29) is 32.2 Å². The van der Waals surface area contributed by atoms with Gasteiger partial charge in [0, 0.05) is 12.8 Å². The Bertz CT molecular complexity index is 1360. The number of carboxylic acid groups (broad SMARTS) is 1. The van der Waals surface area contributed by atoms with Crippen molar-refractivity contribution >= 4 is 17.9 Å². The maximum atomic E-state index is 12.8. The molecule has 1 N–H and O–H groups in total. The molecule has 0 saturated carbocycles. The van der Waals surface area contributed by atoms with Gasteiger partial charge in [-0.25, -0.2) is 4.79 Å². The molecular weight excluding hydrogens is 899 g/mol. The fraction of sp³-hybridized carbons (Fsp3) is 0.794. The summed E-state index contributed by atoms with van der Waals surface area (Å²) in [7, 11) is 5.95. The Kier molecular flexibility index (Phi) is 52.0. The standard InChI is InChI=1S/C63H113NO8/c1-6-8-10-12-14-16-18-20-22-24-25-26-27-28-29-30-31-32-33-34-35-36-38-39-41-43-45-47-49-51-53-60(65)70-57-59(58-71-63(62(67)68)69-56-55-64(3,4)5)72-61(66)54-52-50-48-46-44-42-40-37-23-21-19-17-15-13-11-9-7-2/h9,11,15,17,21,23,40,42,46,48,59,63H,6-8,10,12-14,16,18-20,22,24-39,41,43-45,47,49-58H2,1-5H3/p+1/b11-9-,17-15-,23-21-,42-40-,48-46-. The number of hydrogen-bond donors (Lipinski definition) is 1. The first-order valence-electron chi connectivity index (χ1n) is 30.0. The van der Waals surface area contributed by atoms with Gasteiger partial charge in [0.05, 0.1) is 34.4 Å².